The number of hydrogen-bond donors (Lipinski definition) is 1. The van der Waals surface area contributed by atoms with Crippen molar-refractivity contribution in [1.29, 1.82) is 0 Å². The first-order chi connectivity index (χ1) is 16.6. The Hall–Kier alpha value is -3.50. The highest BCUT2D eigenvalue weighted by Gasteiger charge is 2.31. The number of nitrogens with one attached hydrogen (secondary N) is 1. The molecule has 9 nitrogen and oxygen atoms in total. The predicted octanol–water partition coefficient (Wildman–Crippen LogP) is 2.63. The Balaban J connectivity index is 1.56. The molecule has 1 saturated heterocycles. The summed E-state index contributed by atoms with van der Waals surface area (Å²) in [7, 11) is -3.82. The molecule has 0 aliphatic carbocycles. The van der Waals surface area contributed by atoms with Crippen LogP contribution in [0.2, 0.25) is 0 Å². The average molecular weight is 496 g/mol. The zero-order valence-corrected chi connectivity index (χ0v) is 21.1. The minimum atomic E-state index is -3.82. The Labute approximate surface area is 205 Å². The minimum Gasteiger partial charge on any atom is -0.353 e. The number of nitrogens with zero attached hydrogens (tertiary/aromatic N) is 4. The van der Waals surface area contributed by atoms with Gasteiger partial charge in [-0.1, -0.05) is 12.1 Å². The van der Waals surface area contributed by atoms with Gasteiger partial charge in [-0.3, -0.25) is 9.59 Å². The first kappa shape index (κ1) is 24.6. The van der Waals surface area contributed by atoms with Gasteiger partial charge in [0.05, 0.1) is 11.4 Å². The third kappa shape index (κ3) is 5.13. The molecular weight excluding hydrogens is 466 g/mol. The SMILES string of the molecule is CC(=O)Nc1ccc(C)cc1S(=O)(=O)N1CCN(c2ccc(=O)n(-c3ccc(C)c(C)c3)n2)CC1. The standard InChI is InChI=1S/C25H29N5O4S/c1-17-5-8-22(26-20(4)31)23(15-17)35(33,34)29-13-11-28(12-14-29)24-9-10-25(32)30(27-24)21-7-6-18(2)19(3)16-21/h5-10,15-16H,11-14H2,1-4H3,(H,26,31). The molecule has 2 aromatic carbocycles. The van der Waals surface area contributed by atoms with Crippen molar-refractivity contribution in [2.45, 2.75) is 32.6 Å². The Kier molecular flexibility index (Phi) is 6.77. The highest BCUT2D eigenvalue weighted by molar-refractivity contribution is 7.89. The minimum absolute atomic E-state index is 0.0857. The second kappa shape index (κ2) is 9.63. The van der Waals surface area contributed by atoms with Gasteiger partial charge in [0.2, 0.25) is 15.9 Å². The van der Waals surface area contributed by atoms with E-state index in [1.165, 1.54) is 22.0 Å². The van der Waals surface area contributed by atoms with Gasteiger partial charge < -0.3 is 10.2 Å². The number of aryl methyl sites for hydroxylation is 3. The van der Waals surface area contributed by atoms with Crippen LogP contribution in [-0.2, 0) is 14.8 Å². The molecule has 0 saturated carbocycles. The van der Waals surface area contributed by atoms with Crippen LogP contribution in [-0.4, -0.2) is 54.6 Å². The lowest BCUT2D eigenvalue weighted by Crippen LogP contribution is -2.49. The molecule has 0 unspecified atom stereocenters. The van der Waals surface area contributed by atoms with Crippen LogP contribution in [0.25, 0.3) is 5.69 Å². The predicted molar refractivity (Wildman–Crippen MR) is 136 cm³/mol. The topological polar surface area (TPSA) is 105 Å². The van der Waals surface area contributed by atoms with Gasteiger partial charge >= 0.3 is 0 Å². The number of carbonyl (C=O) groups excluding carboxylic acids is 1. The van der Waals surface area contributed by atoms with Crippen molar-refractivity contribution in [3.05, 3.63) is 75.6 Å². The number of sulfonamides is 1. The molecule has 2 heterocycles. The highest BCUT2D eigenvalue weighted by atomic mass is 32.2. The fraction of sp³-hybridized carbons (Fsp3) is 0.320. The van der Waals surface area contributed by atoms with Crippen LogP contribution in [0.3, 0.4) is 0 Å². The summed E-state index contributed by atoms with van der Waals surface area (Å²) in [5.41, 5.74) is 3.71. The lowest BCUT2D eigenvalue weighted by molar-refractivity contribution is -0.114. The van der Waals surface area contributed by atoms with E-state index >= 15 is 0 Å². The maximum atomic E-state index is 13.4. The van der Waals surface area contributed by atoms with Crippen molar-refractivity contribution in [2.24, 2.45) is 0 Å². The fourth-order valence-corrected chi connectivity index (χ4v) is 5.70. The highest BCUT2D eigenvalue weighted by Crippen LogP contribution is 2.27. The maximum Gasteiger partial charge on any atom is 0.271 e. The van der Waals surface area contributed by atoms with Gasteiger partial charge in [-0.2, -0.15) is 8.99 Å². The van der Waals surface area contributed by atoms with Gasteiger partial charge in [0.25, 0.3) is 5.56 Å². The number of carbonyl (C=O) groups is 1. The maximum absolute atomic E-state index is 13.4. The summed E-state index contributed by atoms with van der Waals surface area (Å²) in [5, 5.41) is 7.17. The van der Waals surface area contributed by atoms with Crippen LogP contribution in [0.5, 0.6) is 0 Å². The zero-order valence-electron chi connectivity index (χ0n) is 20.3. The van der Waals surface area contributed by atoms with E-state index in [1.54, 1.807) is 24.3 Å². The van der Waals surface area contributed by atoms with Crippen molar-refractivity contribution < 1.29 is 13.2 Å². The van der Waals surface area contributed by atoms with Crippen LogP contribution in [0.4, 0.5) is 11.5 Å². The van der Waals surface area contributed by atoms with E-state index in [-0.39, 0.29) is 35.1 Å². The molecule has 4 rings (SSSR count). The second-order valence-corrected chi connectivity index (χ2v) is 10.7. The first-order valence-electron chi connectivity index (χ1n) is 11.4. The molecule has 10 heteroatoms. The Bertz CT molecular complexity index is 1440. The van der Waals surface area contributed by atoms with E-state index in [0.717, 1.165) is 16.7 Å². The van der Waals surface area contributed by atoms with Crippen molar-refractivity contribution >= 4 is 27.4 Å². The normalized spacial score (nSPS) is 14.7. The monoisotopic (exact) mass is 495 g/mol. The van der Waals surface area contributed by atoms with E-state index in [9.17, 15) is 18.0 Å². The Morgan fingerprint density at radius 2 is 1.63 bits per heavy atom. The summed E-state index contributed by atoms with van der Waals surface area (Å²) < 4.78 is 29.6. The summed E-state index contributed by atoms with van der Waals surface area (Å²) in [4.78, 5) is 26.1. The molecule has 1 aliphatic rings. The molecule has 1 fully saturated rings. The van der Waals surface area contributed by atoms with Crippen molar-refractivity contribution in [1.82, 2.24) is 14.1 Å². The third-order valence-electron chi connectivity index (χ3n) is 6.15. The van der Waals surface area contributed by atoms with Crippen molar-refractivity contribution in [3.8, 4) is 5.69 Å². The number of aromatic nitrogens is 2. The first-order valence-corrected chi connectivity index (χ1v) is 12.8. The van der Waals surface area contributed by atoms with Gasteiger partial charge in [-0.25, -0.2) is 8.42 Å². The van der Waals surface area contributed by atoms with E-state index in [2.05, 4.69) is 10.4 Å². The van der Waals surface area contributed by atoms with Crippen molar-refractivity contribution in [2.75, 3.05) is 36.4 Å². The van der Waals surface area contributed by atoms with Gasteiger partial charge in [0.1, 0.15) is 10.7 Å². The van der Waals surface area contributed by atoms with Crippen LogP contribution in [0, 0.1) is 20.8 Å². The molecule has 1 aromatic heterocycles. The molecule has 1 N–H and O–H groups in total. The number of anilines is 2. The Morgan fingerprint density at radius 1 is 0.914 bits per heavy atom. The molecular formula is C25H29N5O4S. The number of amides is 1. The number of rotatable bonds is 5. The quantitative estimate of drug-likeness (QED) is 0.584. The van der Waals surface area contributed by atoms with E-state index < -0.39 is 10.0 Å². The van der Waals surface area contributed by atoms with E-state index in [1.807, 2.05) is 43.9 Å². The van der Waals surface area contributed by atoms with Crippen LogP contribution in [0.15, 0.2) is 58.2 Å². The van der Waals surface area contributed by atoms with Gasteiger partial charge in [-0.15, -0.1) is 5.10 Å². The molecule has 184 valence electrons. The van der Waals surface area contributed by atoms with Crippen LogP contribution >= 0.6 is 0 Å². The van der Waals surface area contributed by atoms with Crippen LogP contribution in [0.1, 0.15) is 23.6 Å². The molecule has 1 amide bonds. The zero-order chi connectivity index (χ0) is 25.3. The third-order valence-corrected chi connectivity index (χ3v) is 8.09. The molecule has 0 atom stereocenters. The van der Waals surface area contributed by atoms with Crippen molar-refractivity contribution in [3.63, 3.8) is 0 Å². The number of hydrogen-bond acceptors (Lipinski definition) is 6. The molecule has 0 radical (unpaired) electrons. The molecule has 0 bridgehead atoms. The largest absolute Gasteiger partial charge is 0.353 e. The smallest absolute Gasteiger partial charge is 0.271 e. The molecule has 0 spiro atoms. The Morgan fingerprint density at radius 3 is 2.29 bits per heavy atom. The molecule has 35 heavy (non-hydrogen) atoms. The molecule has 1 aliphatic heterocycles. The summed E-state index contributed by atoms with van der Waals surface area (Å²) in [6.07, 6.45) is 0. The summed E-state index contributed by atoms with van der Waals surface area (Å²) in [6, 6.07) is 13.8. The van der Waals surface area contributed by atoms with E-state index in [4.69, 9.17) is 0 Å². The lowest BCUT2D eigenvalue weighted by Gasteiger charge is -2.35. The fourth-order valence-electron chi connectivity index (χ4n) is 4.04. The average Bonchev–Trinajstić information content (AvgIpc) is 2.82. The lowest BCUT2D eigenvalue weighted by atomic mass is 10.1. The van der Waals surface area contributed by atoms with E-state index in [0.29, 0.717) is 24.6 Å². The van der Waals surface area contributed by atoms with Gasteiger partial charge in [-0.05, 0) is 67.8 Å². The number of piperazine rings is 1. The summed E-state index contributed by atoms with van der Waals surface area (Å²) >= 11 is 0. The molecule has 3 aromatic rings. The summed E-state index contributed by atoms with van der Waals surface area (Å²) in [5.74, 6) is 0.273. The van der Waals surface area contributed by atoms with Gasteiger partial charge in [0, 0.05) is 39.2 Å². The van der Waals surface area contributed by atoms with Gasteiger partial charge in [0.15, 0.2) is 0 Å². The summed E-state index contributed by atoms with van der Waals surface area (Å²) in [6.45, 7) is 8.48. The number of benzene rings is 2. The second-order valence-electron chi connectivity index (χ2n) is 8.78. The van der Waals surface area contributed by atoms with Crippen LogP contribution < -0.4 is 15.8 Å².